The van der Waals surface area contributed by atoms with Crippen LogP contribution in [0.25, 0.3) is 11.2 Å². The van der Waals surface area contributed by atoms with Crippen molar-refractivity contribution in [2.75, 3.05) is 16.8 Å². The largest absolute Gasteiger partial charge is 0.336 e. The minimum Gasteiger partial charge on any atom is -0.336 e. The molecule has 1 aliphatic rings. The van der Waals surface area contributed by atoms with Crippen LogP contribution in [0, 0.1) is 5.92 Å². The highest BCUT2D eigenvalue weighted by Gasteiger charge is 2.29. The predicted molar refractivity (Wildman–Crippen MR) is 131 cm³/mol. The van der Waals surface area contributed by atoms with E-state index in [0.717, 1.165) is 30.0 Å². The fraction of sp³-hybridized carbons (Fsp3) is 0.391. The zero-order valence-corrected chi connectivity index (χ0v) is 20.1. The van der Waals surface area contributed by atoms with Crippen molar-refractivity contribution in [2.45, 2.75) is 38.8 Å². The van der Waals surface area contributed by atoms with Crippen molar-refractivity contribution in [1.29, 1.82) is 0 Å². The van der Waals surface area contributed by atoms with Crippen molar-refractivity contribution >= 4 is 45.1 Å². The van der Waals surface area contributed by atoms with Gasteiger partial charge in [0.05, 0.1) is 24.3 Å². The Kier molecular flexibility index (Phi) is 6.16. The van der Waals surface area contributed by atoms with Gasteiger partial charge in [-0.3, -0.25) is 8.89 Å². The molecule has 1 aliphatic heterocycles. The number of anilines is 2. The second-order valence-electron chi connectivity index (χ2n) is 8.63. The van der Waals surface area contributed by atoms with Crippen molar-refractivity contribution in [3.63, 3.8) is 0 Å². The van der Waals surface area contributed by atoms with Gasteiger partial charge in [-0.15, -0.1) is 0 Å². The van der Waals surface area contributed by atoms with Crippen LogP contribution in [0.4, 0.5) is 11.5 Å². The Morgan fingerprint density at radius 1 is 1.15 bits per heavy atom. The molecule has 0 saturated carbocycles. The minimum atomic E-state index is -0.706. The number of benzene rings is 1. The highest BCUT2D eigenvalue weighted by molar-refractivity contribution is 7.85. The van der Waals surface area contributed by atoms with E-state index in [1.165, 1.54) is 5.56 Å². The molecule has 1 N–H and O–H groups in total. The summed E-state index contributed by atoms with van der Waals surface area (Å²) in [6, 6.07) is 10.7. The van der Waals surface area contributed by atoms with Crippen LogP contribution in [0.2, 0.25) is 5.28 Å². The maximum Gasteiger partial charge on any atom is 0.226 e. The van der Waals surface area contributed by atoms with Crippen molar-refractivity contribution < 1.29 is 4.21 Å². The molecule has 3 aromatic heterocycles. The van der Waals surface area contributed by atoms with E-state index in [1.807, 2.05) is 21.5 Å². The van der Waals surface area contributed by atoms with E-state index in [4.69, 9.17) is 16.7 Å². The summed E-state index contributed by atoms with van der Waals surface area (Å²) in [5.74, 6) is 2.42. The van der Waals surface area contributed by atoms with Gasteiger partial charge in [0.2, 0.25) is 5.28 Å². The van der Waals surface area contributed by atoms with Gasteiger partial charge in [-0.1, -0.05) is 30.3 Å². The summed E-state index contributed by atoms with van der Waals surface area (Å²) in [6.45, 7) is 4.14. The highest BCUT2D eigenvalue weighted by atomic mass is 35.5. The first kappa shape index (κ1) is 22.0. The van der Waals surface area contributed by atoms with Gasteiger partial charge in [-0.2, -0.15) is 15.1 Å². The monoisotopic (exact) mass is 483 g/mol. The quantitative estimate of drug-likeness (QED) is 0.398. The lowest BCUT2D eigenvalue weighted by molar-refractivity contribution is 0.329. The first-order valence-corrected chi connectivity index (χ1v) is 13.0. The minimum absolute atomic E-state index is 0.0770. The van der Waals surface area contributed by atoms with Crippen LogP contribution in [-0.4, -0.2) is 45.0 Å². The fourth-order valence-electron chi connectivity index (χ4n) is 4.47. The molecule has 4 aromatic rings. The number of rotatable bonds is 6. The average molecular weight is 484 g/mol. The molecule has 0 aliphatic carbocycles. The summed E-state index contributed by atoms with van der Waals surface area (Å²) in [7, 11) is -0.706. The standard InChI is InChI=1S/C23H26ClN7OS/c1-15(2)30-14-25-19-21(28-23(24)29-22(19)30)27-18-12-26-31(13-18)20(16-6-4-3-5-7-16)17-8-10-33(32)11-9-17/h3-7,12-15,17,20H,8-11H2,1-2H3,(H,27,28,29). The van der Waals surface area contributed by atoms with Crippen molar-refractivity contribution in [3.05, 3.63) is 59.9 Å². The summed E-state index contributed by atoms with van der Waals surface area (Å²) >= 11 is 6.22. The van der Waals surface area contributed by atoms with Crippen LogP contribution < -0.4 is 5.32 Å². The van der Waals surface area contributed by atoms with Crippen LogP contribution in [0.15, 0.2) is 49.1 Å². The van der Waals surface area contributed by atoms with Crippen molar-refractivity contribution in [1.82, 2.24) is 29.3 Å². The first-order chi connectivity index (χ1) is 16.0. The normalized spacial score (nSPS) is 19.8. The third-order valence-electron chi connectivity index (χ3n) is 6.12. The van der Waals surface area contributed by atoms with E-state index in [0.29, 0.717) is 22.9 Å². The molecule has 0 bridgehead atoms. The molecule has 0 spiro atoms. The number of hydrogen-bond acceptors (Lipinski definition) is 6. The van der Waals surface area contributed by atoms with E-state index >= 15 is 0 Å². The molecule has 1 unspecified atom stereocenters. The summed E-state index contributed by atoms with van der Waals surface area (Å²) < 4.78 is 15.9. The smallest absolute Gasteiger partial charge is 0.226 e. The molecule has 4 heterocycles. The highest BCUT2D eigenvalue weighted by Crippen LogP contribution is 2.35. The number of aromatic nitrogens is 6. The molecule has 5 rings (SSSR count). The summed E-state index contributed by atoms with van der Waals surface area (Å²) in [5.41, 5.74) is 3.35. The molecule has 1 fully saturated rings. The Labute approximate surface area is 199 Å². The Bertz CT molecular complexity index is 1280. The molecular formula is C23H26ClN7OS. The van der Waals surface area contributed by atoms with Gasteiger partial charge in [0.15, 0.2) is 17.0 Å². The Hall–Kier alpha value is -2.78. The van der Waals surface area contributed by atoms with Gasteiger partial charge in [0.25, 0.3) is 0 Å². The SMILES string of the molecule is CC(C)n1cnc2c(Nc3cnn(C(c4ccccc4)C4CCS(=O)CC4)c3)nc(Cl)nc21. The second kappa shape index (κ2) is 9.23. The third-order valence-corrected chi connectivity index (χ3v) is 7.67. The molecule has 1 atom stereocenters. The molecule has 1 aromatic carbocycles. The van der Waals surface area contributed by atoms with Crippen molar-refractivity contribution in [3.8, 4) is 0 Å². The van der Waals surface area contributed by atoms with Crippen LogP contribution in [-0.2, 0) is 10.8 Å². The Balaban J connectivity index is 1.47. The average Bonchev–Trinajstić information content (AvgIpc) is 3.43. The van der Waals surface area contributed by atoms with Crippen LogP contribution >= 0.6 is 11.6 Å². The lowest BCUT2D eigenvalue weighted by Crippen LogP contribution is -2.28. The van der Waals surface area contributed by atoms with E-state index < -0.39 is 10.8 Å². The van der Waals surface area contributed by atoms with Gasteiger partial charge in [0.1, 0.15) is 0 Å². The summed E-state index contributed by atoms with van der Waals surface area (Å²) in [5, 5.41) is 8.19. The predicted octanol–water partition coefficient (Wildman–Crippen LogP) is 4.75. The van der Waals surface area contributed by atoms with Gasteiger partial charge < -0.3 is 9.88 Å². The van der Waals surface area contributed by atoms with Crippen LogP contribution in [0.1, 0.15) is 44.3 Å². The van der Waals surface area contributed by atoms with Gasteiger partial charge in [-0.25, -0.2) is 4.98 Å². The van der Waals surface area contributed by atoms with Gasteiger partial charge in [0, 0.05) is 34.5 Å². The summed E-state index contributed by atoms with van der Waals surface area (Å²) in [6.07, 6.45) is 7.38. The molecule has 10 heteroatoms. The lowest BCUT2D eigenvalue weighted by Gasteiger charge is -2.30. The van der Waals surface area contributed by atoms with E-state index in [-0.39, 0.29) is 17.4 Å². The number of hydrogen-bond donors (Lipinski definition) is 1. The van der Waals surface area contributed by atoms with Crippen LogP contribution in [0.5, 0.6) is 0 Å². The Morgan fingerprint density at radius 2 is 1.91 bits per heavy atom. The Morgan fingerprint density at radius 3 is 2.64 bits per heavy atom. The van der Waals surface area contributed by atoms with Gasteiger partial charge >= 0.3 is 0 Å². The maximum atomic E-state index is 11.9. The van der Waals surface area contributed by atoms with E-state index in [9.17, 15) is 4.21 Å². The number of fused-ring (bicyclic) bond motifs is 1. The van der Waals surface area contributed by atoms with E-state index in [2.05, 4.69) is 58.4 Å². The zero-order valence-electron chi connectivity index (χ0n) is 18.6. The molecule has 8 nitrogen and oxygen atoms in total. The van der Waals surface area contributed by atoms with Crippen LogP contribution in [0.3, 0.4) is 0 Å². The maximum absolute atomic E-state index is 11.9. The second-order valence-corrected chi connectivity index (χ2v) is 10.7. The third kappa shape index (κ3) is 4.52. The number of halogens is 1. The number of nitrogens with zero attached hydrogens (tertiary/aromatic N) is 6. The van der Waals surface area contributed by atoms with Gasteiger partial charge in [-0.05, 0) is 49.8 Å². The molecule has 0 amide bonds. The molecule has 172 valence electrons. The molecular weight excluding hydrogens is 458 g/mol. The topological polar surface area (TPSA) is 90.5 Å². The van der Waals surface area contributed by atoms with Crippen molar-refractivity contribution in [2.24, 2.45) is 5.92 Å². The molecule has 1 saturated heterocycles. The lowest BCUT2D eigenvalue weighted by atomic mass is 9.88. The fourth-order valence-corrected chi connectivity index (χ4v) is 5.97. The summed E-state index contributed by atoms with van der Waals surface area (Å²) in [4.78, 5) is 13.3. The zero-order chi connectivity index (χ0) is 22.9. The van der Waals surface area contributed by atoms with E-state index in [1.54, 1.807) is 12.5 Å². The molecule has 33 heavy (non-hydrogen) atoms. The first-order valence-electron chi connectivity index (χ1n) is 11.1. The number of nitrogens with one attached hydrogen (secondary N) is 1. The molecule has 0 radical (unpaired) electrons. The number of imidazole rings is 1.